The van der Waals surface area contributed by atoms with Gasteiger partial charge < -0.3 is 14.2 Å². The molecule has 5 nitrogen and oxygen atoms in total. The average Bonchev–Trinajstić information content (AvgIpc) is 3.35. The first-order valence-corrected chi connectivity index (χ1v) is 10.1. The van der Waals surface area contributed by atoms with Crippen molar-refractivity contribution in [1.82, 2.24) is 9.80 Å². The Bertz CT molecular complexity index is 988. The Labute approximate surface area is 166 Å². The van der Waals surface area contributed by atoms with E-state index in [1.54, 1.807) is 21.9 Å². The molecule has 27 heavy (non-hydrogen) atoms. The molecule has 0 radical (unpaired) electrons. The van der Waals surface area contributed by atoms with Crippen molar-refractivity contribution in [3.63, 3.8) is 0 Å². The quantitative estimate of drug-likeness (QED) is 0.656. The summed E-state index contributed by atoms with van der Waals surface area (Å²) in [6.07, 6.45) is 2.43. The largest absolute Gasteiger partial charge is 0.459 e. The zero-order valence-corrected chi connectivity index (χ0v) is 16.5. The standard InChI is InChI=1S/C20H19ClN2O3S/c1-2-13-5-6-14-16(12-13)27-18(17(14)21)20(25)23-9-7-22(8-10-23)19(24)15-4-3-11-26-15/h3-6,11-12H,2,7-10H2,1H3. The number of benzene rings is 1. The zero-order chi connectivity index (χ0) is 19.0. The summed E-state index contributed by atoms with van der Waals surface area (Å²) in [5.41, 5.74) is 1.23. The van der Waals surface area contributed by atoms with Crippen molar-refractivity contribution in [2.24, 2.45) is 0 Å². The van der Waals surface area contributed by atoms with E-state index in [0.717, 1.165) is 16.5 Å². The van der Waals surface area contributed by atoms with E-state index in [1.165, 1.54) is 23.2 Å². The second kappa shape index (κ2) is 7.37. The van der Waals surface area contributed by atoms with Crippen molar-refractivity contribution in [3.8, 4) is 0 Å². The molecule has 7 heteroatoms. The van der Waals surface area contributed by atoms with E-state index >= 15 is 0 Å². The van der Waals surface area contributed by atoms with E-state index in [-0.39, 0.29) is 11.8 Å². The number of amides is 2. The maximum Gasteiger partial charge on any atom is 0.289 e. The van der Waals surface area contributed by atoms with Gasteiger partial charge in [0.25, 0.3) is 11.8 Å². The van der Waals surface area contributed by atoms with Crippen LogP contribution in [0.15, 0.2) is 41.0 Å². The lowest BCUT2D eigenvalue weighted by molar-refractivity contribution is 0.0520. The maximum absolute atomic E-state index is 13.0. The zero-order valence-electron chi connectivity index (χ0n) is 14.9. The molecule has 4 rings (SSSR count). The predicted octanol–water partition coefficient (Wildman–Crippen LogP) is 4.31. The van der Waals surface area contributed by atoms with Crippen LogP contribution >= 0.6 is 22.9 Å². The second-order valence-corrected chi connectivity index (χ2v) is 7.92. The van der Waals surface area contributed by atoms with Gasteiger partial charge in [-0.05, 0) is 30.2 Å². The summed E-state index contributed by atoms with van der Waals surface area (Å²) in [5, 5.41) is 1.45. The van der Waals surface area contributed by atoms with Crippen molar-refractivity contribution >= 4 is 44.8 Å². The highest BCUT2D eigenvalue weighted by atomic mass is 35.5. The average molecular weight is 403 g/mol. The third-order valence-electron chi connectivity index (χ3n) is 4.88. The van der Waals surface area contributed by atoms with E-state index in [0.29, 0.717) is 41.8 Å². The minimum absolute atomic E-state index is 0.0654. The molecule has 0 N–H and O–H groups in total. The van der Waals surface area contributed by atoms with Crippen molar-refractivity contribution in [1.29, 1.82) is 0 Å². The molecule has 1 fully saturated rings. The Morgan fingerprint density at radius 1 is 1.11 bits per heavy atom. The molecule has 3 heterocycles. The number of carbonyl (C=O) groups excluding carboxylic acids is 2. The SMILES string of the molecule is CCc1ccc2c(Cl)c(C(=O)N3CCN(C(=O)c4ccco4)CC3)sc2c1. The van der Waals surface area contributed by atoms with Crippen molar-refractivity contribution in [2.75, 3.05) is 26.2 Å². The summed E-state index contributed by atoms with van der Waals surface area (Å²) in [6, 6.07) is 9.49. The smallest absolute Gasteiger partial charge is 0.289 e. The van der Waals surface area contributed by atoms with Gasteiger partial charge in [0.2, 0.25) is 0 Å². The molecule has 0 unspecified atom stereocenters. The topological polar surface area (TPSA) is 53.8 Å². The van der Waals surface area contributed by atoms with Crippen LogP contribution in [0.25, 0.3) is 10.1 Å². The first kappa shape index (κ1) is 18.1. The van der Waals surface area contributed by atoms with Gasteiger partial charge in [-0.25, -0.2) is 0 Å². The highest BCUT2D eigenvalue weighted by Gasteiger charge is 2.28. The minimum Gasteiger partial charge on any atom is -0.459 e. The fourth-order valence-corrected chi connectivity index (χ4v) is 4.82. The molecule has 0 spiro atoms. The van der Waals surface area contributed by atoms with Crippen LogP contribution in [0, 0.1) is 0 Å². The predicted molar refractivity (Wildman–Crippen MR) is 107 cm³/mol. The molecule has 1 aromatic carbocycles. The van der Waals surface area contributed by atoms with Gasteiger partial charge >= 0.3 is 0 Å². The normalized spacial score (nSPS) is 14.7. The van der Waals surface area contributed by atoms with Gasteiger partial charge in [0.1, 0.15) is 4.88 Å². The molecule has 2 aromatic heterocycles. The molecule has 2 amide bonds. The number of thiophene rings is 1. The first-order valence-electron chi connectivity index (χ1n) is 8.91. The molecule has 140 valence electrons. The monoisotopic (exact) mass is 402 g/mol. The van der Waals surface area contributed by atoms with Crippen LogP contribution in [0.3, 0.4) is 0 Å². The Hall–Kier alpha value is -2.31. The lowest BCUT2D eigenvalue weighted by Gasteiger charge is -2.34. The highest BCUT2D eigenvalue weighted by Crippen LogP contribution is 2.36. The number of aryl methyl sites for hydroxylation is 1. The summed E-state index contributed by atoms with van der Waals surface area (Å²) in [7, 11) is 0. The number of fused-ring (bicyclic) bond motifs is 1. The number of carbonyl (C=O) groups is 2. The number of hydrogen-bond acceptors (Lipinski definition) is 4. The van der Waals surface area contributed by atoms with Crippen LogP contribution in [-0.2, 0) is 6.42 Å². The van der Waals surface area contributed by atoms with Crippen LogP contribution in [-0.4, -0.2) is 47.8 Å². The number of furan rings is 1. The van der Waals surface area contributed by atoms with Crippen LogP contribution in [0.1, 0.15) is 32.7 Å². The van der Waals surface area contributed by atoms with Crippen LogP contribution in [0.4, 0.5) is 0 Å². The van der Waals surface area contributed by atoms with Gasteiger partial charge in [-0.15, -0.1) is 11.3 Å². The number of rotatable bonds is 3. The van der Waals surface area contributed by atoms with E-state index in [2.05, 4.69) is 13.0 Å². The molecule has 0 saturated carbocycles. The molecule has 0 bridgehead atoms. The summed E-state index contributed by atoms with van der Waals surface area (Å²) in [6.45, 7) is 4.03. The molecular weight excluding hydrogens is 384 g/mol. The number of halogens is 1. The van der Waals surface area contributed by atoms with Crippen molar-refractivity contribution < 1.29 is 14.0 Å². The van der Waals surface area contributed by atoms with Gasteiger partial charge in [0, 0.05) is 36.3 Å². The second-order valence-electron chi connectivity index (χ2n) is 6.49. The minimum atomic E-state index is -0.140. The van der Waals surface area contributed by atoms with E-state index in [1.807, 2.05) is 12.1 Å². The van der Waals surface area contributed by atoms with Crippen molar-refractivity contribution in [3.05, 3.63) is 57.8 Å². The number of hydrogen-bond donors (Lipinski definition) is 0. The number of piperazine rings is 1. The van der Waals surface area contributed by atoms with Gasteiger partial charge in [-0.2, -0.15) is 0 Å². The Kier molecular flexibility index (Phi) is 4.93. The fraction of sp³-hybridized carbons (Fsp3) is 0.300. The van der Waals surface area contributed by atoms with Gasteiger partial charge in [-0.3, -0.25) is 9.59 Å². The molecule has 0 atom stereocenters. The summed E-state index contributed by atoms with van der Waals surface area (Å²) in [5.74, 6) is 0.123. The molecule has 0 aliphatic carbocycles. The third kappa shape index (κ3) is 3.35. The fourth-order valence-electron chi connectivity index (χ4n) is 3.28. The van der Waals surface area contributed by atoms with Gasteiger partial charge in [-0.1, -0.05) is 30.7 Å². The Balaban J connectivity index is 1.49. The summed E-state index contributed by atoms with van der Waals surface area (Å²) >= 11 is 7.94. The van der Waals surface area contributed by atoms with E-state index < -0.39 is 0 Å². The van der Waals surface area contributed by atoms with Gasteiger partial charge in [0.05, 0.1) is 11.3 Å². The molecule has 1 aliphatic rings. The van der Waals surface area contributed by atoms with Gasteiger partial charge in [0.15, 0.2) is 5.76 Å². The lowest BCUT2D eigenvalue weighted by Crippen LogP contribution is -2.50. The maximum atomic E-state index is 13.0. The molecule has 1 aliphatic heterocycles. The van der Waals surface area contributed by atoms with Crippen LogP contribution in [0.2, 0.25) is 5.02 Å². The summed E-state index contributed by atoms with van der Waals surface area (Å²) < 4.78 is 6.21. The Morgan fingerprint density at radius 3 is 2.44 bits per heavy atom. The third-order valence-corrected chi connectivity index (χ3v) is 6.53. The Morgan fingerprint density at radius 2 is 1.81 bits per heavy atom. The van der Waals surface area contributed by atoms with E-state index in [9.17, 15) is 9.59 Å². The summed E-state index contributed by atoms with van der Waals surface area (Å²) in [4.78, 5) is 29.4. The lowest BCUT2D eigenvalue weighted by atomic mass is 10.1. The molecular formula is C20H19ClN2O3S. The van der Waals surface area contributed by atoms with Crippen LogP contribution in [0.5, 0.6) is 0 Å². The van der Waals surface area contributed by atoms with Crippen molar-refractivity contribution in [2.45, 2.75) is 13.3 Å². The van der Waals surface area contributed by atoms with E-state index in [4.69, 9.17) is 16.0 Å². The molecule has 1 saturated heterocycles. The first-order chi connectivity index (χ1) is 13.1. The highest BCUT2D eigenvalue weighted by molar-refractivity contribution is 7.21. The number of nitrogens with zero attached hydrogens (tertiary/aromatic N) is 2. The molecule has 3 aromatic rings. The van der Waals surface area contributed by atoms with Crippen LogP contribution < -0.4 is 0 Å².